The van der Waals surface area contributed by atoms with E-state index in [9.17, 15) is 9.59 Å². The Morgan fingerprint density at radius 3 is 2.25 bits per heavy atom. The molecular formula is C13H13BrO2. The van der Waals surface area contributed by atoms with E-state index in [4.69, 9.17) is 0 Å². The van der Waals surface area contributed by atoms with E-state index in [-0.39, 0.29) is 11.6 Å². The van der Waals surface area contributed by atoms with Crippen molar-refractivity contribution < 1.29 is 9.59 Å². The number of Topliss-reactive ketones (excluding diaryl/α,β-unsaturated/α-hetero) is 2. The van der Waals surface area contributed by atoms with Gasteiger partial charge in [-0.05, 0) is 49.9 Å². The molecule has 0 fully saturated rings. The fourth-order valence-electron chi connectivity index (χ4n) is 2.39. The Bertz CT molecular complexity index is 463. The normalized spacial score (nSPS) is 16.9. The lowest BCUT2D eigenvalue weighted by molar-refractivity contribution is -0.137. The summed E-state index contributed by atoms with van der Waals surface area (Å²) in [6, 6.07) is 5.95. The molecule has 84 valence electrons. The summed E-state index contributed by atoms with van der Waals surface area (Å²) in [7, 11) is 0. The van der Waals surface area contributed by atoms with Crippen LogP contribution in [0.2, 0.25) is 0 Å². The second kappa shape index (κ2) is 3.81. The van der Waals surface area contributed by atoms with Gasteiger partial charge < -0.3 is 0 Å². The molecule has 0 unspecified atom stereocenters. The number of hydrogen-bond acceptors (Lipinski definition) is 2. The quantitative estimate of drug-likeness (QED) is 0.781. The number of halogens is 1. The zero-order valence-electron chi connectivity index (χ0n) is 9.34. The summed E-state index contributed by atoms with van der Waals surface area (Å²) in [6.45, 7) is 3.03. The molecule has 1 aliphatic rings. The zero-order chi connectivity index (χ0) is 11.9. The van der Waals surface area contributed by atoms with Gasteiger partial charge in [0.15, 0.2) is 0 Å². The SMILES string of the molecule is CC(=O)C1(C(C)=O)Cc2ccc(Br)cc2C1. The maximum Gasteiger partial charge on any atom is 0.144 e. The predicted octanol–water partition coefficient (Wildman–Crippen LogP) is 2.71. The van der Waals surface area contributed by atoms with Crippen LogP contribution in [0.3, 0.4) is 0 Å². The molecule has 0 amide bonds. The summed E-state index contributed by atoms with van der Waals surface area (Å²) >= 11 is 3.41. The Labute approximate surface area is 103 Å². The summed E-state index contributed by atoms with van der Waals surface area (Å²) < 4.78 is 0.995. The van der Waals surface area contributed by atoms with E-state index in [0.29, 0.717) is 12.8 Å². The molecule has 0 aliphatic heterocycles. The molecule has 0 saturated carbocycles. The molecular weight excluding hydrogens is 268 g/mol. The van der Waals surface area contributed by atoms with Crippen molar-refractivity contribution in [3.8, 4) is 0 Å². The molecule has 0 atom stereocenters. The maximum absolute atomic E-state index is 11.7. The van der Waals surface area contributed by atoms with Crippen LogP contribution in [-0.2, 0) is 22.4 Å². The van der Waals surface area contributed by atoms with Gasteiger partial charge in [-0.3, -0.25) is 9.59 Å². The highest BCUT2D eigenvalue weighted by Gasteiger charge is 2.45. The van der Waals surface area contributed by atoms with Crippen molar-refractivity contribution in [3.05, 3.63) is 33.8 Å². The van der Waals surface area contributed by atoms with Crippen LogP contribution < -0.4 is 0 Å². The van der Waals surface area contributed by atoms with Crippen molar-refractivity contribution in [2.45, 2.75) is 26.7 Å². The van der Waals surface area contributed by atoms with E-state index in [1.165, 1.54) is 13.8 Å². The van der Waals surface area contributed by atoms with E-state index in [1.54, 1.807) is 0 Å². The number of fused-ring (bicyclic) bond motifs is 1. The van der Waals surface area contributed by atoms with E-state index < -0.39 is 5.41 Å². The molecule has 0 N–H and O–H groups in total. The first-order chi connectivity index (χ1) is 7.45. The minimum Gasteiger partial charge on any atom is -0.299 e. The van der Waals surface area contributed by atoms with Crippen LogP contribution in [0.15, 0.2) is 22.7 Å². The smallest absolute Gasteiger partial charge is 0.144 e. The van der Waals surface area contributed by atoms with Crippen molar-refractivity contribution >= 4 is 27.5 Å². The van der Waals surface area contributed by atoms with Crippen molar-refractivity contribution in [1.82, 2.24) is 0 Å². The van der Waals surface area contributed by atoms with Crippen molar-refractivity contribution in [2.75, 3.05) is 0 Å². The number of hydrogen-bond donors (Lipinski definition) is 0. The van der Waals surface area contributed by atoms with E-state index >= 15 is 0 Å². The number of benzene rings is 1. The van der Waals surface area contributed by atoms with E-state index in [1.807, 2.05) is 18.2 Å². The van der Waals surface area contributed by atoms with Crippen molar-refractivity contribution in [2.24, 2.45) is 5.41 Å². The van der Waals surface area contributed by atoms with Gasteiger partial charge in [-0.1, -0.05) is 22.0 Å². The molecule has 16 heavy (non-hydrogen) atoms. The number of carbonyl (C=O) groups is 2. The minimum absolute atomic E-state index is 0.0210. The monoisotopic (exact) mass is 280 g/mol. The molecule has 0 bridgehead atoms. The van der Waals surface area contributed by atoms with Gasteiger partial charge in [0.25, 0.3) is 0 Å². The van der Waals surface area contributed by atoms with Crippen molar-refractivity contribution in [3.63, 3.8) is 0 Å². The lowest BCUT2D eigenvalue weighted by Gasteiger charge is -2.21. The van der Waals surface area contributed by atoms with E-state index in [0.717, 1.165) is 15.6 Å². The van der Waals surface area contributed by atoms with Gasteiger partial charge in [-0.15, -0.1) is 0 Å². The summed E-state index contributed by atoms with van der Waals surface area (Å²) in [5.74, 6) is -0.0420. The highest BCUT2D eigenvalue weighted by Crippen LogP contribution is 2.39. The lowest BCUT2D eigenvalue weighted by Crippen LogP contribution is -2.37. The fourth-order valence-corrected chi connectivity index (χ4v) is 2.80. The van der Waals surface area contributed by atoms with Gasteiger partial charge in [-0.25, -0.2) is 0 Å². The fraction of sp³-hybridized carbons (Fsp3) is 0.385. The largest absolute Gasteiger partial charge is 0.299 e. The number of carbonyl (C=O) groups excluding carboxylic acids is 2. The van der Waals surface area contributed by atoms with Crippen LogP contribution in [0.1, 0.15) is 25.0 Å². The summed E-state index contributed by atoms with van der Waals surface area (Å²) in [5, 5.41) is 0. The van der Waals surface area contributed by atoms with E-state index in [2.05, 4.69) is 15.9 Å². The third kappa shape index (κ3) is 1.63. The molecule has 1 aromatic carbocycles. The molecule has 2 rings (SSSR count). The van der Waals surface area contributed by atoms with Crippen LogP contribution in [0.5, 0.6) is 0 Å². The highest BCUT2D eigenvalue weighted by molar-refractivity contribution is 9.10. The Kier molecular flexibility index (Phi) is 2.74. The molecule has 0 aromatic heterocycles. The van der Waals surface area contributed by atoms with Gasteiger partial charge in [0.2, 0.25) is 0 Å². The maximum atomic E-state index is 11.7. The van der Waals surface area contributed by atoms with Crippen LogP contribution in [0.25, 0.3) is 0 Å². The lowest BCUT2D eigenvalue weighted by atomic mass is 9.77. The van der Waals surface area contributed by atoms with Crippen LogP contribution in [0, 0.1) is 5.41 Å². The molecule has 0 saturated heterocycles. The Morgan fingerprint density at radius 1 is 1.12 bits per heavy atom. The third-order valence-electron chi connectivity index (χ3n) is 3.50. The van der Waals surface area contributed by atoms with Gasteiger partial charge >= 0.3 is 0 Å². The van der Waals surface area contributed by atoms with Crippen LogP contribution in [0.4, 0.5) is 0 Å². The van der Waals surface area contributed by atoms with Crippen LogP contribution in [-0.4, -0.2) is 11.6 Å². The number of ketones is 2. The predicted molar refractivity (Wildman–Crippen MR) is 65.3 cm³/mol. The number of rotatable bonds is 2. The van der Waals surface area contributed by atoms with Crippen LogP contribution >= 0.6 is 15.9 Å². The molecule has 0 heterocycles. The minimum atomic E-state index is -0.802. The first kappa shape index (κ1) is 11.5. The third-order valence-corrected chi connectivity index (χ3v) is 3.99. The summed E-state index contributed by atoms with van der Waals surface area (Å²) in [4.78, 5) is 23.5. The molecule has 2 nitrogen and oxygen atoms in total. The molecule has 1 aliphatic carbocycles. The zero-order valence-corrected chi connectivity index (χ0v) is 10.9. The van der Waals surface area contributed by atoms with Gasteiger partial charge in [-0.2, -0.15) is 0 Å². The first-order valence-electron chi connectivity index (χ1n) is 5.25. The standard InChI is InChI=1S/C13H13BrO2/c1-8(15)13(9(2)16)6-10-3-4-12(14)5-11(10)7-13/h3-5H,6-7H2,1-2H3. The Hall–Kier alpha value is -0.960. The molecule has 1 aromatic rings. The van der Waals surface area contributed by atoms with Gasteiger partial charge in [0.1, 0.15) is 11.6 Å². The second-order valence-corrected chi connectivity index (χ2v) is 5.38. The highest BCUT2D eigenvalue weighted by atomic mass is 79.9. The topological polar surface area (TPSA) is 34.1 Å². The molecule has 0 spiro atoms. The Morgan fingerprint density at radius 2 is 1.69 bits per heavy atom. The summed E-state index contributed by atoms with van der Waals surface area (Å²) in [6.07, 6.45) is 1.10. The van der Waals surface area contributed by atoms with Gasteiger partial charge in [0, 0.05) is 4.47 Å². The summed E-state index contributed by atoms with van der Waals surface area (Å²) in [5.41, 5.74) is 1.43. The average Bonchev–Trinajstić information content (AvgIpc) is 2.57. The van der Waals surface area contributed by atoms with Gasteiger partial charge in [0.05, 0.1) is 5.41 Å². The second-order valence-electron chi connectivity index (χ2n) is 4.46. The molecule has 0 radical (unpaired) electrons. The molecule has 3 heteroatoms. The Balaban J connectivity index is 2.46. The average molecular weight is 281 g/mol. The van der Waals surface area contributed by atoms with Crippen molar-refractivity contribution in [1.29, 1.82) is 0 Å². The first-order valence-corrected chi connectivity index (χ1v) is 6.04.